The number of anilines is 2. The average Bonchev–Trinajstić information content (AvgIpc) is 2.68. The molecule has 0 unspecified atom stereocenters. The van der Waals surface area contributed by atoms with E-state index in [0.29, 0.717) is 33.3 Å². The lowest BCUT2D eigenvalue weighted by Crippen LogP contribution is -2.04. The van der Waals surface area contributed by atoms with Crippen molar-refractivity contribution in [1.29, 1.82) is 0 Å². The van der Waals surface area contributed by atoms with Crippen molar-refractivity contribution in [2.24, 2.45) is 0 Å². The number of nitrogens with one attached hydrogen (secondary N) is 1. The maximum Gasteiger partial charge on any atom is 0.416 e. The van der Waals surface area contributed by atoms with Gasteiger partial charge in [-0.25, -0.2) is 9.97 Å². The number of hydrogen-bond donors (Lipinski definition) is 1. The van der Waals surface area contributed by atoms with Crippen LogP contribution in [0.4, 0.5) is 24.5 Å². The molecule has 0 bridgehead atoms. The third-order valence-electron chi connectivity index (χ3n) is 3.84. The lowest BCUT2D eigenvalue weighted by Gasteiger charge is -2.10. The number of hydrogen-bond acceptors (Lipinski definition) is 6. The van der Waals surface area contributed by atoms with E-state index in [2.05, 4.69) is 30.5 Å². The van der Waals surface area contributed by atoms with Crippen LogP contribution >= 0.6 is 11.6 Å². The molecule has 140 valence electrons. The minimum Gasteiger partial charge on any atom is -0.352 e. The van der Waals surface area contributed by atoms with Crippen LogP contribution in [0, 0.1) is 0 Å². The predicted molar refractivity (Wildman–Crippen MR) is 98.1 cm³/mol. The predicted octanol–water partition coefficient (Wildman–Crippen LogP) is 4.90. The van der Waals surface area contributed by atoms with Gasteiger partial charge in [-0.15, -0.1) is 5.10 Å². The van der Waals surface area contributed by atoms with Gasteiger partial charge in [-0.3, -0.25) is 4.98 Å². The molecule has 3 aromatic heterocycles. The van der Waals surface area contributed by atoms with Crippen LogP contribution in [0.15, 0.2) is 55.0 Å². The summed E-state index contributed by atoms with van der Waals surface area (Å²) in [7, 11) is 0. The summed E-state index contributed by atoms with van der Waals surface area (Å²) in [6, 6.07) is 8.02. The van der Waals surface area contributed by atoms with Crippen LogP contribution in [0.2, 0.25) is 5.02 Å². The first-order chi connectivity index (χ1) is 13.4. The monoisotopic (exact) mass is 402 g/mol. The Hall–Kier alpha value is -3.33. The highest BCUT2D eigenvalue weighted by Crippen LogP contribution is 2.31. The van der Waals surface area contributed by atoms with Crippen LogP contribution in [-0.2, 0) is 6.18 Å². The molecule has 10 heteroatoms. The van der Waals surface area contributed by atoms with Crippen molar-refractivity contribution in [1.82, 2.24) is 25.1 Å². The quantitative estimate of drug-likeness (QED) is 0.525. The van der Waals surface area contributed by atoms with Gasteiger partial charge in [0.15, 0.2) is 0 Å². The molecule has 0 aliphatic carbocycles. The lowest BCUT2D eigenvalue weighted by atomic mass is 10.2. The Kier molecular flexibility index (Phi) is 4.52. The van der Waals surface area contributed by atoms with Gasteiger partial charge in [-0.05, 0) is 36.4 Å². The zero-order chi connectivity index (χ0) is 19.7. The second kappa shape index (κ2) is 7.01. The van der Waals surface area contributed by atoms with Gasteiger partial charge in [0.2, 0.25) is 5.65 Å². The van der Waals surface area contributed by atoms with Crippen LogP contribution in [-0.4, -0.2) is 25.1 Å². The number of nitrogens with zero attached hydrogens (tertiary/aromatic N) is 5. The van der Waals surface area contributed by atoms with Crippen molar-refractivity contribution in [2.75, 3.05) is 5.32 Å². The molecule has 0 fully saturated rings. The van der Waals surface area contributed by atoms with Gasteiger partial charge in [0.05, 0.1) is 28.7 Å². The normalized spacial score (nSPS) is 11.6. The summed E-state index contributed by atoms with van der Waals surface area (Å²) in [5, 5.41) is 11.2. The van der Waals surface area contributed by atoms with E-state index in [1.165, 1.54) is 24.5 Å². The molecule has 0 aliphatic rings. The molecule has 0 aliphatic heterocycles. The van der Waals surface area contributed by atoms with Crippen LogP contribution < -0.4 is 5.32 Å². The molecule has 0 radical (unpaired) electrons. The van der Waals surface area contributed by atoms with Gasteiger partial charge in [-0.1, -0.05) is 11.6 Å². The van der Waals surface area contributed by atoms with Gasteiger partial charge in [0.25, 0.3) is 0 Å². The summed E-state index contributed by atoms with van der Waals surface area (Å²) in [5.74, 6) is 0. The first-order valence-electron chi connectivity index (χ1n) is 7.95. The van der Waals surface area contributed by atoms with E-state index < -0.39 is 11.7 Å². The van der Waals surface area contributed by atoms with E-state index in [4.69, 9.17) is 11.6 Å². The summed E-state index contributed by atoms with van der Waals surface area (Å²) >= 11 is 6.13. The summed E-state index contributed by atoms with van der Waals surface area (Å²) < 4.78 is 38.1. The SMILES string of the molecule is FC(F)(F)c1ccc(Nc2cnnc3nc(-c4ncccc4Cl)cnc23)cc1. The molecule has 4 rings (SSSR count). The highest BCUT2D eigenvalue weighted by atomic mass is 35.5. The topological polar surface area (TPSA) is 76.5 Å². The largest absolute Gasteiger partial charge is 0.416 e. The molecule has 0 spiro atoms. The fourth-order valence-corrected chi connectivity index (χ4v) is 2.74. The van der Waals surface area contributed by atoms with Gasteiger partial charge in [0, 0.05) is 11.9 Å². The number of benzene rings is 1. The highest BCUT2D eigenvalue weighted by molar-refractivity contribution is 6.32. The number of fused-ring (bicyclic) bond motifs is 1. The van der Waals surface area contributed by atoms with Crippen LogP contribution in [0.25, 0.3) is 22.6 Å². The lowest BCUT2D eigenvalue weighted by molar-refractivity contribution is -0.137. The van der Waals surface area contributed by atoms with E-state index in [1.54, 1.807) is 18.3 Å². The number of pyridine rings is 1. The Morgan fingerprint density at radius 1 is 0.964 bits per heavy atom. The Bertz CT molecular complexity index is 1150. The highest BCUT2D eigenvalue weighted by Gasteiger charge is 2.29. The Morgan fingerprint density at radius 3 is 2.46 bits per heavy atom. The second-order valence-corrected chi connectivity index (χ2v) is 6.13. The fourth-order valence-electron chi connectivity index (χ4n) is 2.52. The van der Waals surface area contributed by atoms with E-state index in [1.807, 2.05) is 0 Å². The minimum absolute atomic E-state index is 0.246. The Labute approximate surface area is 161 Å². The molecule has 3 heterocycles. The summed E-state index contributed by atoms with van der Waals surface area (Å²) in [6.45, 7) is 0. The maximum atomic E-state index is 12.7. The fraction of sp³-hybridized carbons (Fsp3) is 0.0556. The van der Waals surface area contributed by atoms with Crippen molar-refractivity contribution in [2.45, 2.75) is 6.18 Å². The van der Waals surface area contributed by atoms with E-state index in [0.717, 1.165) is 12.1 Å². The van der Waals surface area contributed by atoms with E-state index >= 15 is 0 Å². The van der Waals surface area contributed by atoms with Crippen molar-refractivity contribution in [3.8, 4) is 11.4 Å². The van der Waals surface area contributed by atoms with Crippen molar-refractivity contribution in [3.63, 3.8) is 0 Å². The number of aromatic nitrogens is 5. The van der Waals surface area contributed by atoms with Crippen LogP contribution in [0.3, 0.4) is 0 Å². The molecule has 1 N–H and O–H groups in total. The molecular weight excluding hydrogens is 393 g/mol. The second-order valence-electron chi connectivity index (χ2n) is 5.72. The van der Waals surface area contributed by atoms with Crippen molar-refractivity contribution >= 4 is 34.1 Å². The number of alkyl halides is 3. The third kappa shape index (κ3) is 3.56. The molecule has 4 aromatic rings. The molecule has 1 aromatic carbocycles. The maximum absolute atomic E-state index is 12.7. The molecule has 0 amide bonds. The Morgan fingerprint density at radius 2 is 1.75 bits per heavy atom. The molecule has 6 nitrogen and oxygen atoms in total. The molecular formula is C18H10ClF3N6. The Balaban J connectivity index is 1.68. The minimum atomic E-state index is -4.39. The van der Waals surface area contributed by atoms with Crippen LogP contribution in [0.1, 0.15) is 5.56 Å². The van der Waals surface area contributed by atoms with Crippen molar-refractivity contribution < 1.29 is 13.2 Å². The summed E-state index contributed by atoms with van der Waals surface area (Å²) in [5.41, 5.74) is 1.71. The first kappa shape index (κ1) is 18.1. The number of halogens is 4. The van der Waals surface area contributed by atoms with Crippen molar-refractivity contribution in [3.05, 3.63) is 65.6 Å². The molecule has 0 atom stereocenters. The van der Waals surface area contributed by atoms with Gasteiger partial charge >= 0.3 is 6.18 Å². The molecule has 0 saturated carbocycles. The van der Waals surface area contributed by atoms with Gasteiger partial charge in [-0.2, -0.15) is 18.3 Å². The smallest absolute Gasteiger partial charge is 0.352 e. The van der Waals surface area contributed by atoms with E-state index in [-0.39, 0.29) is 5.65 Å². The zero-order valence-electron chi connectivity index (χ0n) is 13.9. The standard InChI is InChI=1S/C18H10ClF3N6/c19-12-2-1-7-23-15(12)13-8-24-16-14(9-25-28-17(16)27-13)26-11-5-3-10(4-6-11)18(20,21)22/h1-9H,(H,26,27,28). The third-order valence-corrected chi connectivity index (χ3v) is 4.15. The summed E-state index contributed by atoms with van der Waals surface area (Å²) in [4.78, 5) is 12.9. The number of rotatable bonds is 3. The first-order valence-corrected chi connectivity index (χ1v) is 8.33. The molecule has 28 heavy (non-hydrogen) atoms. The average molecular weight is 403 g/mol. The molecule has 0 saturated heterocycles. The summed E-state index contributed by atoms with van der Waals surface area (Å²) in [6.07, 6.45) is 0.109. The zero-order valence-corrected chi connectivity index (χ0v) is 14.7. The van der Waals surface area contributed by atoms with E-state index in [9.17, 15) is 13.2 Å². The van der Waals surface area contributed by atoms with Gasteiger partial charge in [0.1, 0.15) is 16.9 Å². The van der Waals surface area contributed by atoms with Crippen LogP contribution in [0.5, 0.6) is 0 Å². The van der Waals surface area contributed by atoms with Gasteiger partial charge < -0.3 is 5.32 Å².